The molecule has 1 aliphatic carbocycles. The van der Waals surface area contributed by atoms with E-state index in [1.54, 1.807) is 0 Å². The van der Waals surface area contributed by atoms with E-state index in [1.165, 1.54) is 63.8 Å². The topological polar surface area (TPSA) is 15.3 Å². The maximum atomic E-state index is 3.79. The zero-order valence-electron chi connectivity index (χ0n) is 13.4. The molecular formula is C19H30N2. The Hall–Kier alpha value is -0.860. The fourth-order valence-corrected chi connectivity index (χ4v) is 4.13. The standard InChI is InChI=1S/C19H30N2/c1-16(17-8-4-2-5-9-17)14-21-13-12-20-19(15-21)18-10-6-3-7-11-18/h2,4-5,8-9,16,18-20H,3,6-7,10-15H2,1H3. The summed E-state index contributed by atoms with van der Waals surface area (Å²) < 4.78 is 0. The molecule has 21 heavy (non-hydrogen) atoms. The molecule has 0 radical (unpaired) electrons. The molecule has 1 heterocycles. The molecule has 1 aromatic carbocycles. The molecule has 116 valence electrons. The number of rotatable bonds is 4. The quantitative estimate of drug-likeness (QED) is 0.909. The third-order valence-corrected chi connectivity index (χ3v) is 5.41. The van der Waals surface area contributed by atoms with E-state index in [9.17, 15) is 0 Å². The average molecular weight is 286 g/mol. The maximum Gasteiger partial charge on any atom is 0.0223 e. The average Bonchev–Trinajstić information content (AvgIpc) is 2.57. The predicted octanol–water partition coefficient (Wildman–Crippen LogP) is 3.64. The van der Waals surface area contributed by atoms with Gasteiger partial charge in [-0.3, -0.25) is 4.90 Å². The monoisotopic (exact) mass is 286 g/mol. The number of piperazine rings is 1. The molecular weight excluding hydrogens is 256 g/mol. The Kier molecular flexibility index (Phi) is 5.32. The molecule has 2 fully saturated rings. The highest BCUT2D eigenvalue weighted by Gasteiger charge is 2.28. The fourth-order valence-electron chi connectivity index (χ4n) is 4.13. The molecule has 0 bridgehead atoms. The van der Waals surface area contributed by atoms with Gasteiger partial charge in [0.1, 0.15) is 0 Å². The van der Waals surface area contributed by atoms with Gasteiger partial charge in [-0.15, -0.1) is 0 Å². The van der Waals surface area contributed by atoms with E-state index in [-0.39, 0.29) is 0 Å². The van der Waals surface area contributed by atoms with Crippen LogP contribution >= 0.6 is 0 Å². The van der Waals surface area contributed by atoms with Gasteiger partial charge < -0.3 is 5.32 Å². The second-order valence-electron chi connectivity index (χ2n) is 7.03. The Bertz CT molecular complexity index is 411. The zero-order chi connectivity index (χ0) is 14.5. The van der Waals surface area contributed by atoms with Crippen molar-refractivity contribution in [3.63, 3.8) is 0 Å². The summed E-state index contributed by atoms with van der Waals surface area (Å²) in [5.41, 5.74) is 1.48. The summed E-state index contributed by atoms with van der Waals surface area (Å²) in [6.07, 6.45) is 7.24. The lowest BCUT2D eigenvalue weighted by molar-refractivity contribution is 0.141. The summed E-state index contributed by atoms with van der Waals surface area (Å²) in [5, 5.41) is 3.79. The van der Waals surface area contributed by atoms with Gasteiger partial charge in [-0.05, 0) is 30.2 Å². The van der Waals surface area contributed by atoms with Crippen molar-refractivity contribution in [3.8, 4) is 0 Å². The van der Waals surface area contributed by atoms with Crippen LogP contribution < -0.4 is 5.32 Å². The summed E-state index contributed by atoms with van der Waals surface area (Å²) in [7, 11) is 0. The highest BCUT2D eigenvalue weighted by atomic mass is 15.2. The van der Waals surface area contributed by atoms with Gasteiger partial charge in [0.05, 0.1) is 0 Å². The Balaban J connectivity index is 1.53. The molecule has 1 aromatic rings. The van der Waals surface area contributed by atoms with Gasteiger partial charge in [0.2, 0.25) is 0 Å². The van der Waals surface area contributed by atoms with Crippen molar-refractivity contribution >= 4 is 0 Å². The summed E-state index contributed by atoms with van der Waals surface area (Å²) >= 11 is 0. The van der Waals surface area contributed by atoms with E-state index in [0.29, 0.717) is 5.92 Å². The molecule has 0 amide bonds. The van der Waals surface area contributed by atoms with Crippen molar-refractivity contribution in [2.24, 2.45) is 5.92 Å². The van der Waals surface area contributed by atoms with Crippen LogP contribution in [0.4, 0.5) is 0 Å². The molecule has 2 aliphatic rings. The van der Waals surface area contributed by atoms with Gasteiger partial charge in [-0.25, -0.2) is 0 Å². The van der Waals surface area contributed by atoms with Gasteiger partial charge >= 0.3 is 0 Å². The van der Waals surface area contributed by atoms with Crippen LogP contribution in [0.1, 0.15) is 50.5 Å². The molecule has 0 spiro atoms. The molecule has 0 aromatic heterocycles. The lowest BCUT2D eigenvalue weighted by Gasteiger charge is -2.40. The van der Waals surface area contributed by atoms with E-state index in [0.717, 1.165) is 12.0 Å². The Morgan fingerprint density at radius 3 is 2.67 bits per heavy atom. The third-order valence-electron chi connectivity index (χ3n) is 5.41. The van der Waals surface area contributed by atoms with Crippen LogP contribution in [0.2, 0.25) is 0 Å². The van der Waals surface area contributed by atoms with Gasteiger partial charge in [0, 0.05) is 32.2 Å². The summed E-state index contributed by atoms with van der Waals surface area (Å²) in [6, 6.07) is 11.7. The summed E-state index contributed by atoms with van der Waals surface area (Å²) in [4.78, 5) is 2.69. The van der Waals surface area contributed by atoms with Crippen LogP contribution in [-0.2, 0) is 0 Å². The van der Waals surface area contributed by atoms with Crippen molar-refractivity contribution in [1.82, 2.24) is 10.2 Å². The van der Waals surface area contributed by atoms with Crippen molar-refractivity contribution in [2.75, 3.05) is 26.2 Å². The van der Waals surface area contributed by atoms with Crippen LogP contribution in [0.3, 0.4) is 0 Å². The minimum absolute atomic E-state index is 0.635. The molecule has 2 heteroatoms. The number of benzene rings is 1. The Morgan fingerprint density at radius 2 is 1.90 bits per heavy atom. The zero-order valence-corrected chi connectivity index (χ0v) is 13.4. The van der Waals surface area contributed by atoms with E-state index in [4.69, 9.17) is 0 Å². The lowest BCUT2D eigenvalue weighted by atomic mass is 9.83. The summed E-state index contributed by atoms with van der Waals surface area (Å²) in [6.45, 7) is 7.20. The normalized spacial score (nSPS) is 26.6. The molecule has 3 rings (SSSR count). The first-order chi connectivity index (χ1) is 10.3. The van der Waals surface area contributed by atoms with Crippen LogP contribution in [-0.4, -0.2) is 37.1 Å². The summed E-state index contributed by atoms with van der Waals surface area (Å²) in [5.74, 6) is 1.56. The van der Waals surface area contributed by atoms with Crippen molar-refractivity contribution in [3.05, 3.63) is 35.9 Å². The first-order valence-electron chi connectivity index (χ1n) is 8.83. The highest BCUT2D eigenvalue weighted by molar-refractivity contribution is 5.19. The van der Waals surface area contributed by atoms with Crippen LogP contribution in [0.15, 0.2) is 30.3 Å². The van der Waals surface area contributed by atoms with Crippen LogP contribution in [0, 0.1) is 5.92 Å². The first kappa shape index (κ1) is 15.1. The maximum absolute atomic E-state index is 3.79. The SMILES string of the molecule is CC(CN1CCNC(C2CCCCC2)C1)c1ccccc1. The van der Waals surface area contributed by atoms with Crippen LogP contribution in [0.5, 0.6) is 0 Å². The smallest absolute Gasteiger partial charge is 0.0223 e. The minimum atomic E-state index is 0.635. The minimum Gasteiger partial charge on any atom is -0.311 e. The van der Waals surface area contributed by atoms with Crippen molar-refractivity contribution in [1.29, 1.82) is 0 Å². The fraction of sp³-hybridized carbons (Fsp3) is 0.684. The van der Waals surface area contributed by atoms with E-state index in [2.05, 4.69) is 47.5 Å². The lowest BCUT2D eigenvalue weighted by Crippen LogP contribution is -2.54. The molecule has 2 unspecified atom stereocenters. The van der Waals surface area contributed by atoms with Crippen LogP contribution in [0.25, 0.3) is 0 Å². The molecule has 1 N–H and O–H groups in total. The first-order valence-corrected chi connectivity index (χ1v) is 8.83. The second-order valence-corrected chi connectivity index (χ2v) is 7.03. The molecule has 1 saturated heterocycles. The van der Waals surface area contributed by atoms with E-state index < -0.39 is 0 Å². The Labute approximate surface area is 129 Å². The van der Waals surface area contributed by atoms with Gasteiger partial charge in [0.15, 0.2) is 0 Å². The Morgan fingerprint density at radius 1 is 1.14 bits per heavy atom. The molecule has 2 atom stereocenters. The van der Waals surface area contributed by atoms with E-state index in [1.807, 2.05) is 0 Å². The number of hydrogen-bond acceptors (Lipinski definition) is 2. The van der Waals surface area contributed by atoms with Crippen molar-refractivity contribution in [2.45, 2.75) is 51.0 Å². The van der Waals surface area contributed by atoms with Gasteiger partial charge in [-0.2, -0.15) is 0 Å². The number of nitrogens with zero attached hydrogens (tertiary/aromatic N) is 1. The largest absolute Gasteiger partial charge is 0.311 e. The second kappa shape index (κ2) is 7.42. The molecule has 1 saturated carbocycles. The molecule has 2 nitrogen and oxygen atoms in total. The number of hydrogen-bond donors (Lipinski definition) is 1. The predicted molar refractivity (Wildman–Crippen MR) is 89.7 cm³/mol. The third kappa shape index (κ3) is 4.08. The number of nitrogens with one attached hydrogen (secondary N) is 1. The van der Waals surface area contributed by atoms with E-state index >= 15 is 0 Å². The van der Waals surface area contributed by atoms with Crippen molar-refractivity contribution < 1.29 is 0 Å². The highest BCUT2D eigenvalue weighted by Crippen LogP contribution is 2.28. The van der Waals surface area contributed by atoms with Gasteiger partial charge in [-0.1, -0.05) is 56.5 Å². The van der Waals surface area contributed by atoms with Gasteiger partial charge in [0.25, 0.3) is 0 Å². The molecule has 1 aliphatic heterocycles.